The lowest BCUT2D eigenvalue weighted by Crippen LogP contribution is -2.03. The topological polar surface area (TPSA) is 67.3 Å². The van der Waals surface area contributed by atoms with Crippen LogP contribution in [-0.2, 0) is 0 Å². The standard InChI is InChI=1S/C13H10FNO3S/c1-6-5-8(3-4-9(6)14)12-15-10(13(17)18)11(19-12)7(2)16/h3-5H,1-2H3,(H,17,18). The van der Waals surface area contributed by atoms with Gasteiger partial charge in [-0.05, 0) is 30.7 Å². The van der Waals surface area contributed by atoms with Crippen LogP contribution in [-0.4, -0.2) is 21.8 Å². The first kappa shape index (κ1) is 13.4. The normalized spacial score (nSPS) is 10.5. The van der Waals surface area contributed by atoms with E-state index in [9.17, 15) is 14.0 Å². The Labute approximate surface area is 112 Å². The molecule has 0 amide bonds. The molecule has 1 aromatic carbocycles. The second-order valence-electron chi connectivity index (χ2n) is 4.02. The molecule has 19 heavy (non-hydrogen) atoms. The van der Waals surface area contributed by atoms with Crippen molar-refractivity contribution in [1.82, 2.24) is 4.98 Å². The molecule has 0 aliphatic heterocycles. The molecule has 0 atom stereocenters. The SMILES string of the molecule is CC(=O)c1sc(-c2ccc(F)c(C)c2)nc1C(=O)O. The van der Waals surface area contributed by atoms with Crippen LogP contribution < -0.4 is 0 Å². The number of aromatic nitrogens is 1. The van der Waals surface area contributed by atoms with E-state index in [1.807, 2.05) is 0 Å². The highest BCUT2D eigenvalue weighted by Gasteiger charge is 2.21. The fourth-order valence-electron chi connectivity index (χ4n) is 1.60. The molecule has 0 aliphatic carbocycles. The summed E-state index contributed by atoms with van der Waals surface area (Å²) in [6, 6.07) is 4.38. The quantitative estimate of drug-likeness (QED) is 0.876. The number of nitrogens with zero attached hydrogens (tertiary/aromatic N) is 1. The van der Waals surface area contributed by atoms with E-state index in [2.05, 4.69) is 4.98 Å². The van der Waals surface area contributed by atoms with Crippen LogP contribution >= 0.6 is 11.3 Å². The first-order chi connectivity index (χ1) is 8.90. The minimum Gasteiger partial charge on any atom is -0.476 e. The van der Waals surface area contributed by atoms with Gasteiger partial charge in [0.1, 0.15) is 15.7 Å². The summed E-state index contributed by atoms with van der Waals surface area (Å²) in [7, 11) is 0. The smallest absolute Gasteiger partial charge is 0.356 e. The maximum Gasteiger partial charge on any atom is 0.356 e. The van der Waals surface area contributed by atoms with E-state index in [1.54, 1.807) is 13.0 Å². The number of halogens is 1. The van der Waals surface area contributed by atoms with Crippen LogP contribution in [0.5, 0.6) is 0 Å². The molecule has 0 fully saturated rings. The molecule has 0 saturated heterocycles. The average molecular weight is 279 g/mol. The fraction of sp³-hybridized carbons (Fsp3) is 0.154. The predicted octanol–water partition coefficient (Wildman–Crippen LogP) is 3.16. The number of carboxylic acids is 1. The van der Waals surface area contributed by atoms with E-state index in [4.69, 9.17) is 5.11 Å². The largest absolute Gasteiger partial charge is 0.476 e. The van der Waals surface area contributed by atoms with Crippen LogP contribution in [0.15, 0.2) is 18.2 Å². The molecule has 2 aromatic rings. The monoisotopic (exact) mass is 279 g/mol. The maximum atomic E-state index is 13.2. The van der Waals surface area contributed by atoms with Crippen molar-refractivity contribution in [3.05, 3.63) is 40.2 Å². The summed E-state index contributed by atoms with van der Waals surface area (Å²) in [5.41, 5.74) is 0.780. The second-order valence-corrected chi connectivity index (χ2v) is 5.02. The van der Waals surface area contributed by atoms with Gasteiger partial charge < -0.3 is 5.11 Å². The number of carboxylic acid groups (broad SMARTS) is 1. The highest BCUT2D eigenvalue weighted by molar-refractivity contribution is 7.17. The zero-order chi connectivity index (χ0) is 14.2. The number of benzene rings is 1. The van der Waals surface area contributed by atoms with Gasteiger partial charge in [0.05, 0.1) is 0 Å². The number of carbonyl (C=O) groups is 2. The van der Waals surface area contributed by atoms with Crippen molar-refractivity contribution in [2.45, 2.75) is 13.8 Å². The maximum absolute atomic E-state index is 13.2. The number of hydrogen-bond donors (Lipinski definition) is 1. The Morgan fingerprint density at radius 2 is 2.05 bits per heavy atom. The molecule has 0 spiro atoms. The van der Waals surface area contributed by atoms with Gasteiger partial charge in [-0.2, -0.15) is 0 Å². The zero-order valence-electron chi connectivity index (χ0n) is 10.2. The molecule has 98 valence electrons. The number of aromatic carboxylic acids is 1. The van der Waals surface area contributed by atoms with E-state index in [0.29, 0.717) is 16.1 Å². The minimum absolute atomic E-state index is 0.101. The van der Waals surface area contributed by atoms with Crippen molar-refractivity contribution >= 4 is 23.1 Å². The molecule has 1 N–H and O–H groups in total. The first-order valence-corrected chi connectivity index (χ1v) is 6.23. The number of aryl methyl sites for hydroxylation is 1. The van der Waals surface area contributed by atoms with Crippen LogP contribution in [0.2, 0.25) is 0 Å². The first-order valence-electron chi connectivity index (χ1n) is 5.41. The lowest BCUT2D eigenvalue weighted by atomic mass is 10.1. The van der Waals surface area contributed by atoms with Crippen LogP contribution in [0.25, 0.3) is 10.6 Å². The summed E-state index contributed by atoms with van der Waals surface area (Å²) in [4.78, 5) is 26.5. The molecule has 0 unspecified atom stereocenters. The fourth-order valence-corrected chi connectivity index (χ4v) is 2.55. The second kappa shape index (κ2) is 4.89. The highest BCUT2D eigenvalue weighted by atomic mass is 32.1. The minimum atomic E-state index is -1.24. The zero-order valence-corrected chi connectivity index (χ0v) is 11.0. The van der Waals surface area contributed by atoms with Gasteiger partial charge in [0.15, 0.2) is 11.5 Å². The Kier molecular flexibility index (Phi) is 3.44. The molecule has 0 bridgehead atoms. The van der Waals surface area contributed by atoms with Crippen LogP contribution in [0, 0.1) is 12.7 Å². The van der Waals surface area contributed by atoms with Gasteiger partial charge in [0.25, 0.3) is 0 Å². The van der Waals surface area contributed by atoms with Gasteiger partial charge in [0, 0.05) is 12.5 Å². The predicted molar refractivity (Wildman–Crippen MR) is 69.2 cm³/mol. The number of rotatable bonds is 3. The lowest BCUT2D eigenvalue weighted by Gasteiger charge is -1.99. The lowest BCUT2D eigenvalue weighted by molar-refractivity contribution is 0.0687. The summed E-state index contributed by atoms with van der Waals surface area (Å²) in [5.74, 6) is -1.93. The third-order valence-corrected chi connectivity index (χ3v) is 3.76. The van der Waals surface area contributed by atoms with Crippen molar-refractivity contribution in [2.24, 2.45) is 0 Å². The molecule has 2 rings (SSSR count). The third kappa shape index (κ3) is 2.53. The highest BCUT2D eigenvalue weighted by Crippen LogP contribution is 2.29. The molecule has 6 heteroatoms. The van der Waals surface area contributed by atoms with E-state index in [0.717, 1.165) is 11.3 Å². The molecule has 0 saturated carbocycles. The van der Waals surface area contributed by atoms with Crippen molar-refractivity contribution in [1.29, 1.82) is 0 Å². The summed E-state index contributed by atoms with van der Waals surface area (Å²) in [6.07, 6.45) is 0. The van der Waals surface area contributed by atoms with Crippen LogP contribution in [0.4, 0.5) is 4.39 Å². The van der Waals surface area contributed by atoms with E-state index in [1.165, 1.54) is 19.1 Å². The van der Waals surface area contributed by atoms with Gasteiger partial charge in [-0.15, -0.1) is 11.3 Å². The molecule has 1 aromatic heterocycles. The Morgan fingerprint density at radius 3 is 2.53 bits per heavy atom. The van der Waals surface area contributed by atoms with E-state index >= 15 is 0 Å². The average Bonchev–Trinajstić information content (AvgIpc) is 2.78. The Bertz CT molecular complexity index is 647. The summed E-state index contributed by atoms with van der Waals surface area (Å²) in [5, 5.41) is 9.40. The van der Waals surface area contributed by atoms with Crippen molar-refractivity contribution in [3.8, 4) is 10.6 Å². The summed E-state index contributed by atoms with van der Waals surface area (Å²) < 4.78 is 13.2. The van der Waals surface area contributed by atoms with Gasteiger partial charge in [-0.3, -0.25) is 4.79 Å². The number of Topliss-reactive ketones (excluding diaryl/α,β-unsaturated/α-hetero) is 1. The van der Waals surface area contributed by atoms with Crippen molar-refractivity contribution in [3.63, 3.8) is 0 Å². The number of thiazole rings is 1. The molecule has 0 radical (unpaired) electrons. The molecular weight excluding hydrogens is 269 g/mol. The van der Waals surface area contributed by atoms with Gasteiger partial charge in [-0.25, -0.2) is 14.2 Å². The third-order valence-electron chi connectivity index (χ3n) is 2.55. The number of ketones is 1. The Hall–Kier alpha value is -2.08. The van der Waals surface area contributed by atoms with Crippen molar-refractivity contribution < 1.29 is 19.1 Å². The number of hydrogen-bond acceptors (Lipinski definition) is 4. The molecule has 0 aliphatic rings. The molecule has 4 nitrogen and oxygen atoms in total. The molecular formula is C13H10FNO3S. The summed E-state index contributed by atoms with van der Waals surface area (Å²) in [6.45, 7) is 2.90. The number of carbonyl (C=O) groups excluding carboxylic acids is 1. The Balaban J connectivity index is 2.57. The van der Waals surface area contributed by atoms with Crippen molar-refractivity contribution in [2.75, 3.05) is 0 Å². The Morgan fingerprint density at radius 1 is 1.37 bits per heavy atom. The summed E-state index contributed by atoms with van der Waals surface area (Å²) >= 11 is 1.000. The van der Waals surface area contributed by atoms with Gasteiger partial charge in [-0.1, -0.05) is 0 Å². The van der Waals surface area contributed by atoms with Gasteiger partial charge >= 0.3 is 5.97 Å². The van der Waals surface area contributed by atoms with E-state index < -0.39 is 5.97 Å². The van der Waals surface area contributed by atoms with Crippen LogP contribution in [0.3, 0.4) is 0 Å². The van der Waals surface area contributed by atoms with Gasteiger partial charge in [0.2, 0.25) is 0 Å². The van der Waals surface area contributed by atoms with Crippen LogP contribution in [0.1, 0.15) is 32.6 Å². The van der Waals surface area contributed by atoms with E-state index in [-0.39, 0.29) is 22.2 Å². The molecule has 1 heterocycles.